The Labute approximate surface area is 120 Å². The second-order valence-electron chi connectivity index (χ2n) is 5.33. The molecule has 1 amide bonds. The minimum Gasteiger partial charge on any atom is -0.370 e. The molecule has 0 saturated heterocycles. The highest BCUT2D eigenvalue weighted by atomic mass is 16.1. The summed E-state index contributed by atoms with van der Waals surface area (Å²) < 4.78 is 0. The molecule has 0 aromatic carbocycles. The van der Waals surface area contributed by atoms with Crippen LogP contribution in [-0.4, -0.2) is 48.5 Å². The molecule has 1 aliphatic rings. The lowest BCUT2D eigenvalue weighted by Crippen LogP contribution is -2.34. The number of carbonyl (C=O) groups excluding carboxylic acids is 1. The molecular weight excluding hydrogens is 252 g/mol. The second kappa shape index (κ2) is 7.24. The molecule has 2 N–H and O–H groups in total. The largest absolute Gasteiger partial charge is 0.370 e. The van der Waals surface area contributed by atoms with Crippen LogP contribution in [0.4, 0.5) is 5.82 Å². The molecule has 20 heavy (non-hydrogen) atoms. The van der Waals surface area contributed by atoms with Gasteiger partial charge in [0.25, 0.3) is 5.91 Å². The summed E-state index contributed by atoms with van der Waals surface area (Å²) in [5, 5.41) is 6.12. The van der Waals surface area contributed by atoms with Crippen molar-refractivity contribution in [2.45, 2.75) is 32.2 Å². The Hall–Kier alpha value is -1.62. The number of pyridine rings is 1. The molecule has 2 rings (SSSR count). The van der Waals surface area contributed by atoms with Crippen molar-refractivity contribution < 1.29 is 4.79 Å². The van der Waals surface area contributed by atoms with Crippen molar-refractivity contribution in [2.24, 2.45) is 0 Å². The summed E-state index contributed by atoms with van der Waals surface area (Å²) in [5.74, 6) is 0.764. The summed E-state index contributed by atoms with van der Waals surface area (Å²) in [6.07, 6.45) is 5.26. The molecule has 0 bridgehead atoms. The lowest BCUT2D eigenvalue weighted by atomic mass is 10.2. The van der Waals surface area contributed by atoms with Gasteiger partial charge < -0.3 is 15.5 Å². The Bertz CT molecular complexity index is 428. The Morgan fingerprint density at radius 1 is 1.40 bits per heavy atom. The van der Waals surface area contributed by atoms with E-state index in [9.17, 15) is 4.79 Å². The van der Waals surface area contributed by atoms with Crippen molar-refractivity contribution in [3.05, 3.63) is 23.9 Å². The zero-order valence-corrected chi connectivity index (χ0v) is 12.4. The Morgan fingerprint density at radius 3 is 2.80 bits per heavy atom. The third-order valence-corrected chi connectivity index (χ3v) is 3.50. The topological polar surface area (TPSA) is 57.3 Å². The van der Waals surface area contributed by atoms with Crippen LogP contribution in [0.25, 0.3) is 0 Å². The van der Waals surface area contributed by atoms with E-state index >= 15 is 0 Å². The maximum absolute atomic E-state index is 11.9. The number of nitrogens with one attached hydrogen (secondary N) is 2. The third kappa shape index (κ3) is 4.49. The number of likely N-dealkylation sites (N-methyl/N-ethyl adjacent to an activating group) is 1. The molecule has 5 heteroatoms. The van der Waals surface area contributed by atoms with Gasteiger partial charge in [0.2, 0.25) is 0 Å². The number of aromatic nitrogens is 1. The van der Waals surface area contributed by atoms with Gasteiger partial charge in [-0.3, -0.25) is 4.79 Å². The minimum absolute atomic E-state index is 0.0521. The number of hydrogen-bond acceptors (Lipinski definition) is 4. The van der Waals surface area contributed by atoms with Gasteiger partial charge in [0.1, 0.15) is 5.82 Å². The van der Waals surface area contributed by atoms with E-state index in [1.54, 1.807) is 6.20 Å². The fourth-order valence-corrected chi connectivity index (χ4v) is 2.03. The Morgan fingerprint density at radius 2 is 2.20 bits per heavy atom. The quantitative estimate of drug-likeness (QED) is 0.759. The number of anilines is 1. The fourth-order valence-electron chi connectivity index (χ4n) is 2.03. The van der Waals surface area contributed by atoms with Gasteiger partial charge >= 0.3 is 0 Å². The molecule has 110 valence electrons. The molecular formula is C15H24N4O. The number of rotatable bonds is 8. The van der Waals surface area contributed by atoms with Gasteiger partial charge in [-0.1, -0.05) is 6.92 Å². The maximum Gasteiger partial charge on any atom is 0.252 e. The molecule has 1 heterocycles. The van der Waals surface area contributed by atoms with Crippen LogP contribution in [0.3, 0.4) is 0 Å². The van der Waals surface area contributed by atoms with Crippen LogP contribution in [0.5, 0.6) is 0 Å². The summed E-state index contributed by atoms with van der Waals surface area (Å²) in [4.78, 5) is 18.5. The monoisotopic (exact) mass is 276 g/mol. The summed E-state index contributed by atoms with van der Waals surface area (Å²) >= 11 is 0. The third-order valence-electron chi connectivity index (χ3n) is 3.50. The SMILES string of the molecule is CCCNc1ccc(C(=O)NCCN(C)C2CC2)cn1. The zero-order chi connectivity index (χ0) is 14.4. The van der Waals surface area contributed by atoms with Gasteiger partial charge in [-0.2, -0.15) is 0 Å². The second-order valence-corrected chi connectivity index (χ2v) is 5.33. The highest BCUT2D eigenvalue weighted by Gasteiger charge is 2.25. The van der Waals surface area contributed by atoms with Crippen molar-refractivity contribution in [1.29, 1.82) is 0 Å². The van der Waals surface area contributed by atoms with Crippen LogP contribution in [0.2, 0.25) is 0 Å². The predicted molar refractivity (Wildman–Crippen MR) is 81.0 cm³/mol. The molecule has 1 aromatic rings. The first-order valence-electron chi connectivity index (χ1n) is 7.39. The van der Waals surface area contributed by atoms with Crippen molar-refractivity contribution in [2.75, 3.05) is 32.0 Å². The number of amides is 1. The first-order chi connectivity index (χ1) is 9.70. The fraction of sp³-hybridized carbons (Fsp3) is 0.600. The summed E-state index contributed by atoms with van der Waals surface area (Å²) in [5.41, 5.74) is 0.612. The number of carbonyl (C=O) groups is 1. The van der Waals surface area contributed by atoms with E-state index in [1.165, 1.54) is 12.8 Å². The van der Waals surface area contributed by atoms with E-state index in [2.05, 4.69) is 34.5 Å². The van der Waals surface area contributed by atoms with Crippen LogP contribution in [0.1, 0.15) is 36.5 Å². The van der Waals surface area contributed by atoms with E-state index in [4.69, 9.17) is 0 Å². The Kier molecular flexibility index (Phi) is 5.35. The lowest BCUT2D eigenvalue weighted by Gasteiger charge is -2.15. The van der Waals surface area contributed by atoms with Gasteiger partial charge in [-0.25, -0.2) is 4.98 Å². The molecule has 1 saturated carbocycles. The summed E-state index contributed by atoms with van der Waals surface area (Å²) in [6.45, 7) is 4.58. The summed E-state index contributed by atoms with van der Waals surface area (Å²) in [6, 6.07) is 4.39. The molecule has 0 aliphatic heterocycles. The maximum atomic E-state index is 11.9. The Balaban J connectivity index is 1.73. The van der Waals surface area contributed by atoms with Crippen molar-refractivity contribution >= 4 is 11.7 Å². The first-order valence-corrected chi connectivity index (χ1v) is 7.39. The van der Waals surface area contributed by atoms with E-state index in [0.717, 1.165) is 31.4 Å². The van der Waals surface area contributed by atoms with Crippen LogP contribution in [-0.2, 0) is 0 Å². The average molecular weight is 276 g/mol. The van der Waals surface area contributed by atoms with Crippen molar-refractivity contribution in [1.82, 2.24) is 15.2 Å². The normalized spacial score (nSPS) is 14.3. The van der Waals surface area contributed by atoms with Gasteiger partial charge in [-0.15, -0.1) is 0 Å². The van der Waals surface area contributed by atoms with E-state index in [-0.39, 0.29) is 5.91 Å². The molecule has 0 unspecified atom stereocenters. The molecule has 0 radical (unpaired) electrons. The standard InChI is InChI=1S/C15H24N4O/c1-3-8-16-14-7-4-12(11-18-14)15(20)17-9-10-19(2)13-5-6-13/h4,7,11,13H,3,5-6,8-10H2,1-2H3,(H,16,18)(H,17,20). The average Bonchev–Trinajstić information content (AvgIpc) is 3.30. The van der Waals surface area contributed by atoms with E-state index < -0.39 is 0 Å². The predicted octanol–water partition coefficient (Wildman–Crippen LogP) is 1.73. The van der Waals surface area contributed by atoms with Crippen LogP contribution in [0.15, 0.2) is 18.3 Å². The van der Waals surface area contributed by atoms with Gasteiger partial charge in [0.05, 0.1) is 5.56 Å². The molecule has 1 fully saturated rings. The van der Waals surface area contributed by atoms with Gasteiger partial charge in [0.15, 0.2) is 0 Å². The summed E-state index contributed by atoms with van der Waals surface area (Å²) in [7, 11) is 2.11. The first kappa shape index (κ1) is 14.8. The van der Waals surface area contributed by atoms with Crippen molar-refractivity contribution in [3.63, 3.8) is 0 Å². The minimum atomic E-state index is -0.0521. The number of nitrogens with zero attached hydrogens (tertiary/aromatic N) is 2. The molecule has 5 nitrogen and oxygen atoms in total. The van der Waals surface area contributed by atoms with Gasteiger partial charge in [-0.05, 0) is 38.4 Å². The zero-order valence-electron chi connectivity index (χ0n) is 12.4. The molecule has 0 atom stereocenters. The molecule has 1 aromatic heterocycles. The van der Waals surface area contributed by atoms with Crippen LogP contribution < -0.4 is 10.6 Å². The van der Waals surface area contributed by atoms with E-state index in [0.29, 0.717) is 12.1 Å². The van der Waals surface area contributed by atoms with Gasteiger partial charge in [0, 0.05) is 31.9 Å². The highest BCUT2D eigenvalue weighted by molar-refractivity contribution is 5.94. The smallest absolute Gasteiger partial charge is 0.252 e. The lowest BCUT2D eigenvalue weighted by molar-refractivity contribution is 0.0949. The molecule has 1 aliphatic carbocycles. The number of hydrogen-bond donors (Lipinski definition) is 2. The van der Waals surface area contributed by atoms with Crippen LogP contribution in [0, 0.1) is 0 Å². The van der Waals surface area contributed by atoms with E-state index in [1.807, 2.05) is 12.1 Å². The van der Waals surface area contributed by atoms with Crippen molar-refractivity contribution in [3.8, 4) is 0 Å². The highest BCUT2D eigenvalue weighted by Crippen LogP contribution is 2.24. The van der Waals surface area contributed by atoms with Crippen LogP contribution >= 0.6 is 0 Å². The molecule has 0 spiro atoms.